The Morgan fingerprint density at radius 2 is 2.19 bits per heavy atom. The normalized spacial score (nSPS) is 28.9. The summed E-state index contributed by atoms with van der Waals surface area (Å²) in [5.41, 5.74) is 7.13. The number of rotatable bonds is 4. The molecule has 0 radical (unpaired) electrons. The average Bonchev–Trinajstić information content (AvgIpc) is 3.22. The van der Waals surface area contributed by atoms with Crippen LogP contribution in [0.3, 0.4) is 0 Å². The second-order valence-electron chi connectivity index (χ2n) is 7.51. The highest BCUT2D eigenvalue weighted by Gasteiger charge is 2.41. The molecular weight excluding hydrogens is 330 g/mol. The Labute approximate surface area is 154 Å². The zero-order chi connectivity index (χ0) is 17.9. The molecule has 0 aliphatic carbocycles. The molecule has 3 fully saturated rings. The van der Waals surface area contributed by atoms with Crippen molar-refractivity contribution < 1.29 is 9.59 Å². The molecule has 7 heteroatoms. The predicted octanol–water partition coefficient (Wildman–Crippen LogP) is 0.330. The number of hydrogen-bond acceptors (Lipinski definition) is 5. The fourth-order valence-corrected chi connectivity index (χ4v) is 4.51. The van der Waals surface area contributed by atoms with Crippen molar-refractivity contribution in [2.45, 2.75) is 44.2 Å². The summed E-state index contributed by atoms with van der Waals surface area (Å²) in [5, 5.41) is 0. The van der Waals surface area contributed by atoms with Gasteiger partial charge in [-0.3, -0.25) is 20.0 Å². The second-order valence-corrected chi connectivity index (χ2v) is 7.51. The van der Waals surface area contributed by atoms with E-state index in [1.54, 1.807) is 6.20 Å². The van der Waals surface area contributed by atoms with Gasteiger partial charge >= 0.3 is 0 Å². The lowest BCUT2D eigenvalue weighted by molar-refractivity contribution is -0.144. The SMILES string of the molecule is O=C(C1CCNN1)N1CC[C@@H]2[C@@H](CCC(=O)N2CCc2ccccn2)C1. The number of nitrogens with one attached hydrogen (secondary N) is 2. The summed E-state index contributed by atoms with van der Waals surface area (Å²) in [4.78, 5) is 33.6. The van der Waals surface area contributed by atoms with E-state index < -0.39 is 0 Å². The number of aromatic nitrogens is 1. The summed E-state index contributed by atoms with van der Waals surface area (Å²) in [6.07, 6.45) is 5.79. The number of carbonyl (C=O) groups is 2. The van der Waals surface area contributed by atoms with Gasteiger partial charge in [0.15, 0.2) is 0 Å². The standard InChI is InChI=1S/C19H27N5O2/c25-18-5-4-14-13-23(19(26)16-6-10-21-22-16)11-8-17(14)24(18)12-7-15-3-1-2-9-20-15/h1-3,9,14,16-17,21-22H,4-8,10-13H2/t14-,16?,17+/m0/s1. The second kappa shape index (κ2) is 7.72. The molecule has 4 rings (SSSR count). The van der Waals surface area contributed by atoms with E-state index in [1.807, 2.05) is 23.1 Å². The van der Waals surface area contributed by atoms with Crippen molar-refractivity contribution in [1.29, 1.82) is 0 Å². The largest absolute Gasteiger partial charge is 0.341 e. The molecule has 26 heavy (non-hydrogen) atoms. The molecule has 1 unspecified atom stereocenters. The molecule has 2 amide bonds. The van der Waals surface area contributed by atoms with E-state index in [-0.39, 0.29) is 23.9 Å². The summed E-state index contributed by atoms with van der Waals surface area (Å²) in [7, 11) is 0. The van der Waals surface area contributed by atoms with Gasteiger partial charge in [-0.1, -0.05) is 6.07 Å². The fraction of sp³-hybridized carbons (Fsp3) is 0.632. The maximum absolute atomic E-state index is 12.7. The number of fused-ring (bicyclic) bond motifs is 1. The maximum atomic E-state index is 12.7. The van der Waals surface area contributed by atoms with Crippen molar-refractivity contribution in [1.82, 2.24) is 25.6 Å². The Morgan fingerprint density at radius 1 is 1.27 bits per heavy atom. The van der Waals surface area contributed by atoms with Gasteiger partial charge in [-0.15, -0.1) is 0 Å². The Morgan fingerprint density at radius 3 is 2.96 bits per heavy atom. The lowest BCUT2D eigenvalue weighted by atomic mass is 9.83. The molecule has 3 atom stereocenters. The summed E-state index contributed by atoms with van der Waals surface area (Å²) in [6, 6.07) is 6.07. The molecule has 0 saturated carbocycles. The van der Waals surface area contributed by atoms with Gasteiger partial charge in [-0.05, 0) is 37.3 Å². The highest BCUT2D eigenvalue weighted by molar-refractivity contribution is 5.82. The minimum Gasteiger partial charge on any atom is -0.341 e. The van der Waals surface area contributed by atoms with Gasteiger partial charge in [0.05, 0.1) is 0 Å². The number of hydrazine groups is 1. The molecule has 7 nitrogen and oxygen atoms in total. The predicted molar refractivity (Wildman–Crippen MR) is 96.9 cm³/mol. The zero-order valence-corrected chi connectivity index (χ0v) is 15.1. The molecular formula is C19H27N5O2. The topological polar surface area (TPSA) is 77.6 Å². The highest BCUT2D eigenvalue weighted by Crippen LogP contribution is 2.31. The minimum atomic E-state index is -0.1000. The maximum Gasteiger partial charge on any atom is 0.241 e. The molecule has 1 aromatic heterocycles. The van der Waals surface area contributed by atoms with E-state index in [9.17, 15) is 9.59 Å². The van der Waals surface area contributed by atoms with Crippen molar-refractivity contribution in [3.63, 3.8) is 0 Å². The van der Waals surface area contributed by atoms with Gasteiger partial charge in [-0.25, -0.2) is 5.43 Å². The van der Waals surface area contributed by atoms with Crippen LogP contribution in [0.25, 0.3) is 0 Å². The lowest BCUT2D eigenvalue weighted by Gasteiger charge is -2.47. The van der Waals surface area contributed by atoms with Crippen molar-refractivity contribution >= 4 is 11.8 Å². The van der Waals surface area contributed by atoms with Crippen LogP contribution in [-0.2, 0) is 16.0 Å². The van der Waals surface area contributed by atoms with E-state index in [2.05, 4.69) is 20.7 Å². The average molecular weight is 357 g/mol. The van der Waals surface area contributed by atoms with E-state index in [0.29, 0.717) is 12.3 Å². The molecule has 0 spiro atoms. The third kappa shape index (κ3) is 3.59. The number of nitrogens with zero attached hydrogens (tertiary/aromatic N) is 3. The van der Waals surface area contributed by atoms with Gasteiger partial charge in [0.1, 0.15) is 6.04 Å². The van der Waals surface area contributed by atoms with Crippen LogP contribution in [0, 0.1) is 5.92 Å². The monoisotopic (exact) mass is 357 g/mol. The molecule has 3 saturated heterocycles. The molecule has 4 heterocycles. The first-order chi connectivity index (χ1) is 12.7. The molecule has 0 aromatic carbocycles. The Balaban J connectivity index is 1.38. The van der Waals surface area contributed by atoms with Crippen molar-refractivity contribution in [3.8, 4) is 0 Å². The molecule has 2 N–H and O–H groups in total. The van der Waals surface area contributed by atoms with E-state index in [1.165, 1.54) is 0 Å². The summed E-state index contributed by atoms with van der Waals surface area (Å²) >= 11 is 0. The van der Waals surface area contributed by atoms with Crippen LogP contribution in [0.15, 0.2) is 24.4 Å². The smallest absolute Gasteiger partial charge is 0.241 e. The van der Waals surface area contributed by atoms with E-state index >= 15 is 0 Å². The van der Waals surface area contributed by atoms with Gasteiger partial charge in [0.2, 0.25) is 11.8 Å². The van der Waals surface area contributed by atoms with Gasteiger partial charge in [-0.2, -0.15) is 0 Å². The first-order valence-corrected chi connectivity index (χ1v) is 9.69. The quantitative estimate of drug-likeness (QED) is 0.812. The van der Waals surface area contributed by atoms with Crippen LogP contribution in [0.4, 0.5) is 0 Å². The summed E-state index contributed by atoms with van der Waals surface area (Å²) in [5.74, 6) is 0.845. The third-order valence-corrected chi connectivity index (χ3v) is 5.92. The van der Waals surface area contributed by atoms with Crippen LogP contribution >= 0.6 is 0 Å². The molecule has 3 aliphatic rings. The minimum absolute atomic E-state index is 0.1000. The number of carbonyl (C=O) groups excluding carboxylic acids is 2. The lowest BCUT2D eigenvalue weighted by Crippen LogP contribution is -2.59. The Hall–Kier alpha value is -1.99. The number of likely N-dealkylation sites (tertiary alicyclic amines) is 2. The zero-order valence-electron chi connectivity index (χ0n) is 15.1. The van der Waals surface area contributed by atoms with E-state index in [4.69, 9.17) is 0 Å². The number of amides is 2. The Kier molecular flexibility index (Phi) is 5.17. The van der Waals surface area contributed by atoms with Crippen molar-refractivity contribution in [3.05, 3.63) is 30.1 Å². The van der Waals surface area contributed by atoms with Gasteiger partial charge in [0.25, 0.3) is 0 Å². The molecule has 3 aliphatic heterocycles. The molecule has 1 aromatic rings. The van der Waals surface area contributed by atoms with Crippen LogP contribution in [-0.4, -0.2) is 64.9 Å². The number of piperidine rings is 2. The van der Waals surface area contributed by atoms with E-state index in [0.717, 1.165) is 57.6 Å². The van der Waals surface area contributed by atoms with Gasteiger partial charge < -0.3 is 9.80 Å². The number of pyridine rings is 1. The summed E-state index contributed by atoms with van der Waals surface area (Å²) in [6.45, 7) is 3.08. The van der Waals surface area contributed by atoms with Crippen LogP contribution in [0.5, 0.6) is 0 Å². The first-order valence-electron chi connectivity index (χ1n) is 9.69. The van der Waals surface area contributed by atoms with Crippen LogP contribution in [0.1, 0.15) is 31.4 Å². The van der Waals surface area contributed by atoms with Crippen molar-refractivity contribution in [2.75, 3.05) is 26.2 Å². The van der Waals surface area contributed by atoms with Crippen molar-refractivity contribution in [2.24, 2.45) is 5.92 Å². The highest BCUT2D eigenvalue weighted by atomic mass is 16.2. The third-order valence-electron chi connectivity index (χ3n) is 5.92. The van der Waals surface area contributed by atoms with Gasteiger partial charge in [0, 0.05) is 57.0 Å². The fourth-order valence-electron chi connectivity index (χ4n) is 4.51. The summed E-state index contributed by atoms with van der Waals surface area (Å²) < 4.78 is 0. The molecule has 0 bridgehead atoms. The van der Waals surface area contributed by atoms with Crippen LogP contribution < -0.4 is 10.9 Å². The molecule has 140 valence electrons. The first kappa shape index (κ1) is 17.4. The number of hydrogen-bond donors (Lipinski definition) is 2. The van der Waals surface area contributed by atoms with Crippen LogP contribution in [0.2, 0.25) is 0 Å². The Bertz CT molecular complexity index is 647.